The van der Waals surface area contributed by atoms with Crippen LogP contribution in [-0.2, 0) is 10.0 Å². The van der Waals surface area contributed by atoms with Gasteiger partial charge in [0.2, 0.25) is 15.9 Å². The molecule has 0 fully saturated rings. The Hall–Kier alpha value is -4.00. The fourth-order valence-corrected chi connectivity index (χ4v) is 5.25. The molecule has 5 rings (SSSR count). The van der Waals surface area contributed by atoms with Gasteiger partial charge in [0.05, 0.1) is 16.7 Å². The zero-order valence-electron chi connectivity index (χ0n) is 19.0. The molecule has 0 saturated heterocycles. The number of hydrogen-bond acceptors (Lipinski definition) is 10. The topological polar surface area (TPSA) is 128 Å². The molecule has 5 aromatic rings. The van der Waals surface area contributed by atoms with Crippen LogP contribution >= 0.6 is 11.3 Å². The largest absolute Gasteiger partial charge is 0.494 e. The first-order chi connectivity index (χ1) is 17.5. The molecule has 0 aliphatic rings. The predicted molar refractivity (Wildman–Crippen MR) is 136 cm³/mol. The zero-order valence-corrected chi connectivity index (χ0v) is 20.7. The highest BCUT2D eigenvalue weighted by Crippen LogP contribution is 2.33. The highest BCUT2D eigenvalue weighted by Gasteiger charge is 2.14. The number of ether oxygens (including phenoxy) is 2. The summed E-state index contributed by atoms with van der Waals surface area (Å²) in [6.07, 6.45) is 0. The van der Waals surface area contributed by atoms with Gasteiger partial charge in [-0.05, 0) is 48.5 Å². The van der Waals surface area contributed by atoms with Crippen molar-refractivity contribution in [2.45, 2.75) is 4.90 Å². The van der Waals surface area contributed by atoms with Crippen LogP contribution in [0.2, 0.25) is 0 Å². The number of fused-ring (bicyclic) bond motifs is 1. The van der Waals surface area contributed by atoms with Crippen molar-refractivity contribution in [1.29, 1.82) is 0 Å². The molecule has 0 aliphatic carbocycles. The fourth-order valence-electron chi connectivity index (χ4n) is 3.34. The van der Waals surface area contributed by atoms with E-state index in [9.17, 15) is 8.42 Å². The lowest BCUT2D eigenvalue weighted by Crippen LogP contribution is -2.28. The third-order valence-electron chi connectivity index (χ3n) is 5.06. The summed E-state index contributed by atoms with van der Waals surface area (Å²) >= 11 is 1.45. The first-order valence-corrected chi connectivity index (χ1v) is 13.1. The summed E-state index contributed by atoms with van der Waals surface area (Å²) in [5.41, 5.74) is 1.47. The van der Waals surface area contributed by atoms with Crippen LogP contribution in [0, 0.1) is 0 Å². The van der Waals surface area contributed by atoms with Gasteiger partial charge in [-0.25, -0.2) is 18.1 Å². The van der Waals surface area contributed by atoms with E-state index < -0.39 is 10.0 Å². The van der Waals surface area contributed by atoms with E-state index >= 15 is 0 Å². The quantitative estimate of drug-likeness (QED) is 0.255. The van der Waals surface area contributed by atoms with E-state index in [2.05, 4.69) is 25.2 Å². The highest BCUT2D eigenvalue weighted by atomic mass is 32.2. The number of nitrogens with zero attached hydrogens (tertiary/aromatic N) is 3. The van der Waals surface area contributed by atoms with Gasteiger partial charge in [-0.1, -0.05) is 40.7 Å². The second-order valence-corrected chi connectivity index (χ2v) is 10.2. The minimum absolute atomic E-state index is 0.134. The molecule has 2 N–H and O–H groups in total. The minimum atomic E-state index is -3.56. The van der Waals surface area contributed by atoms with Crippen molar-refractivity contribution < 1.29 is 22.3 Å². The highest BCUT2D eigenvalue weighted by molar-refractivity contribution is 7.89. The summed E-state index contributed by atoms with van der Waals surface area (Å²) in [7, 11) is -1.96. The van der Waals surface area contributed by atoms with Crippen LogP contribution in [0.1, 0.15) is 0 Å². The Morgan fingerprint density at radius 2 is 1.78 bits per heavy atom. The van der Waals surface area contributed by atoms with E-state index in [0.29, 0.717) is 28.1 Å². The van der Waals surface area contributed by atoms with Crippen molar-refractivity contribution in [1.82, 2.24) is 19.9 Å². The van der Waals surface area contributed by atoms with Crippen LogP contribution in [0.3, 0.4) is 0 Å². The summed E-state index contributed by atoms with van der Waals surface area (Å²) in [5, 5.41) is 11.8. The summed E-state index contributed by atoms with van der Waals surface area (Å²) in [6, 6.07) is 21.2. The molecule has 3 aromatic carbocycles. The van der Waals surface area contributed by atoms with Gasteiger partial charge in [0.15, 0.2) is 5.13 Å². The standard InChI is InChI=1S/C24H21N5O5S2/c1-32-19-8-5-9-20-21(19)26-24(35-20)27-23-29-28-22(34-23)16-10-12-17(13-11-16)33-15-14-25-36(30,31)18-6-3-2-4-7-18/h2-13,25H,14-15H2,1H3,(H,26,27,29). The van der Waals surface area contributed by atoms with E-state index in [1.807, 2.05) is 18.2 Å². The van der Waals surface area contributed by atoms with Crippen LogP contribution in [-0.4, -0.2) is 43.9 Å². The Bertz CT molecular complexity index is 1570. The van der Waals surface area contributed by atoms with Crippen molar-refractivity contribution in [2.75, 3.05) is 25.6 Å². The number of sulfonamides is 1. The van der Waals surface area contributed by atoms with Crippen molar-refractivity contribution in [3.8, 4) is 23.0 Å². The molecular formula is C24H21N5O5S2. The molecule has 0 aliphatic heterocycles. The van der Waals surface area contributed by atoms with Gasteiger partial charge in [0.1, 0.15) is 23.6 Å². The Morgan fingerprint density at radius 3 is 2.56 bits per heavy atom. The molecule has 2 heterocycles. The SMILES string of the molecule is COc1cccc2sc(Nc3nnc(-c4ccc(OCCNS(=O)(=O)c5ccccc5)cc4)o3)nc12. The zero-order chi connectivity index (χ0) is 25.0. The average Bonchev–Trinajstić information content (AvgIpc) is 3.54. The lowest BCUT2D eigenvalue weighted by molar-refractivity contribution is 0.323. The van der Waals surface area contributed by atoms with Crippen molar-refractivity contribution in [3.05, 3.63) is 72.8 Å². The van der Waals surface area contributed by atoms with Crippen LogP contribution in [0.4, 0.5) is 11.1 Å². The van der Waals surface area contributed by atoms with Crippen LogP contribution in [0.5, 0.6) is 11.5 Å². The van der Waals surface area contributed by atoms with Crippen LogP contribution < -0.4 is 19.5 Å². The van der Waals surface area contributed by atoms with E-state index in [0.717, 1.165) is 10.2 Å². The molecule has 0 unspecified atom stereocenters. The van der Waals surface area contributed by atoms with Gasteiger partial charge in [-0.15, -0.1) is 5.10 Å². The number of aromatic nitrogens is 3. The summed E-state index contributed by atoms with van der Waals surface area (Å²) in [6.45, 7) is 0.308. The molecule has 184 valence electrons. The predicted octanol–water partition coefficient (Wildman–Crippen LogP) is 4.46. The Labute approximate surface area is 211 Å². The maximum atomic E-state index is 12.2. The van der Waals surface area contributed by atoms with Gasteiger partial charge in [-0.2, -0.15) is 0 Å². The average molecular weight is 524 g/mol. The molecule has 10 nitrogen and oxygen atoms in total. The molecule has 0 saturated carbocycles. The molecule has 0 bridgehead atoms. The summed E-state index contributed by atoms with van der Waals surface area (Å²) in [5.74, 6) is 1.61. The van der Waals surface area contributed by atoms with Crippen molar-refractivity contribution >= 4 is 42.7 Å². The molecule has 0 spiro atoms. The molecule has 12 heteroatoms. The lowest BCUT2D eigenvalue weighted by Gasteiger charge is -2.08. The van der Waals surface area contributed by atoms with Crippen molar-refractivity contribution in [2.24, 2.45) is 0 Å². The fraction of sp³-hybridized carbons (Fsp3) is 0.125. The Morgan fingerprint density at radius 1 is 0.972 bits per heavy atom. The number of hydrogen-bond donors (Lipinski definition) is 2. The number of anilines is 2. The first kappa shape index (κ1) is 23.7. The third kappa shape index (κ3) is 5.30. The molecule has 0 atom stereocenters. The molecule has 0 amide bonds. The van der Waals surface area contributed by atoms with Gasteiger partial charge < -0.3 is 13.9 Å². The monoisotopic (exact) mass is 523 g/mol. The molecular weight excluding hydrogens is 502 g/mol. The minimum Gasteiger partial charge on any atom is -0.494 e. The number of nitrogens with one attached hydrogen (secondary N) is 2. The van der Waals surface area contributed by atoms with Gasteiger partial charge >= 0.3 is 6.01 Å². The van der Waals surface area contributed by atoms with E-state index in [4.69, 9.17) is 13.9 Å². The number of rotatable bonds is 10. The Kier molecular flexibility index (Phi) is 6.80. The summed E-state index contributed by atoms with van der Waals surface area (Å²) in [4.78, 5) is 4.75. The van der Waals surface area contributed by atoms with E-state index in [1.165, 1.54) is 23.5 Å². The van der Waals surface area contributed by atoms with E-state index in [-0.39, 0.29) is 24.1 Å². The second-order valence-electron chi connectivity index (χ2n) is 7.45. The smallest absolute Gasteiger partial charge is 0.322 e. The van der Waals surface area contributed by atoms with Crippen molar-refractivity contribution in [3.63, 3.8) is 0 Å². The van der Waals surface area contributed by atoms with Crippen LogP contribution in [0.25, 0.3) is 21.7 Å². The number of benzene rings is 3. The third-order valence-corrected chi connectivity index (χ3v) is 7.47. The van der Waals surface area contributed by atoms with Gasteiger partial charge in [0.25, 0.3) is 0 Å². The van der Waals surface area contributed by atoms with Gasteiger partial charge in [0, 0.05) is 12.1 Å². The summed E-state index contributed by atoms with van der Waals surface area (Å²) < 4.78 is 44.7. The molecule has 2 aromatic heterocycles. The normalized spacial score (nSPS) is 11.5. The maximum Gasteiger partial charge on any atom is 0.322 e. The molecule has 0 radical (unpaired) electrons. The van der Waals surface area contributed by atoms with E-state index in [1.54, 1.807) is 49.6 Å². The second kappa shape index (κ2) is 10.3. The molecule has 36 heavy (non-hydrogen) atoms. The van der Waals surface area contributed by atoms with Gasteiger partial charge in [-0.3, -0.25) is 5.32 Å². The maximum absolute atomic E-state index is 12.2. The Balaban J connectivity index is 1.16. The first-order valence-electron chi connectivity index (χ1n) is 10.8. The number of thiazole rings is 1. The lowest BCUT2D eigenvalue weighted by atomic mass is 10.2. The number of para-hydroxylation sites is 1. The number of methoxy groups -OCH3 is 1. The van der Waals surface area contributed by atoms with Crippen LogP contribution in [0.15, 0.2) is 82.1 Å².